The molecule has 0 aliphatic carbocycles. The first-order valence-electron chi connectivity index (χ1n) is 4.94. The maximum absolute atomic E-state index is 11.8. The van der Waals surface area contributed by atoms with E-state index in [4.69, 9.17) is 5.11 Å². The zero-order valence-corrected chi connectivity index (χ0v) is 11.5. The van der Waals surface area contributed by atoms with Crippen molar-refractivity contribution >= 4 is 40.2 Å². The molecule has 1 aromatic rings. The molecule has 0 saturated heterocycles. The number of rotatable bonds is 5. The van der Waals surface area contributed by atoms with E-state index in [0.717, 1.165) is 17.3 Å². The first-order valence-corrected chi connectivity index (χ1v) is 7.10. The smallest absolute Gasteiger partial charge is 0.340 e. The largest absolute Gasteiger partial charge is 0.478 e. The second-order valence-corrected chi connectivity index (χ2v) is 5.19. The van der Waals surface area contributed by atoms with Crippen molar-refractivity contribution in [2.24, 2.45) is 0 Å². The van der Waals surface area contributed by atoms with E-state index in [1.807, 2.05) is 6.26 Å². The molecule has 7 heteroatoms. The summed E-state index contributed by atoms with van der Waals surface area (Å²) < 4.78 is 3.98. The van der Waals surface area contributed by atoms with Crippen molar-refractivity contribution in [3.8, 4) is 0 Å². The first-order chi connectivity index (χ1) is 7.99. The predicted molar refractivity (Wildman–Crippen MR) is 70.2 cm³/mol. The van der Waals surface area contributed by atoms with Crippen LogP contribution in [0.1, 0.15) is 22.5 Å². The Morgan fingerprint density at radius 1 is 1.53 bits per heavy atom. The number of anilines is 1. The predicted octanol–water partition coefficient (Wildman–Crippen LogP) is 1.87. The minimum absolute atomic E-state index is 0.0921. The summed E-state index contributed by atoms with van der Waals surface area (Å²) in [5.74, 6) is -0.412. The molecule has 1 heterocycles. The first kappa shape index (κ1) is 14.0. The Bertz CT molecular complexity index is 431. The van der Waals surface area contributed by atoms with Crippen molar-refractivity contribution in [2.75, 3.05) is 24.0 Å². The van der Waals surface area contributed by atoms with Crippen LogP contribution in [0.15, 0.2) is 0 Å². The van der Waals surface area contributed by atoms with Gasteiger partial charge in [0.25, 0.3) is 0 Å². The van der Waals surface area contributed by atoms with Gasteiger partial charge in [0, 0.05) is 19.2 Å². The van der Waals surface area contributed by atoms with E-state index in [2.05, 4.69) is 4.37 Å². The average molecular weight is 274 g/mol. The standard InChI is InChI=1S/C10H14N2O3S2/c1-6-8(10(14)15)9(17-11-6)12(2)7(13)4-5-16-3/h4-5H2,1-3H3,(H,14,15). The number of aromatic carboxylic acids is 1. The lowest BCUT2D eigenvalue weighted by Crippen LogP contribution is -2.27. The van der Waals surface area contributed by atoms with Crippen molar-refractivity contribution in [2.45, 2.75) is 13.3 Å². The monoisotopic (exact) mass is 274 g/mol. The Kier molecular flexibility index (Phi) is 4.95. The summed E-state index contributed by atoms with van der Waals surface area (Å²) >= 11 is 2.62. The zero-order chi connectivity index (χ0) is 13.0. The number of carbonyl (C=O) groups is 2. The Hall–Kier alpha value is -1.08. The number of thioether (sulfide) groups is 1. The second kappa shape index (κ2) is 6.02. The van der Waals surface area contributed by atoms with Gasteiger partial charge >= 0.3 is 5.97 Å². The molecule has 1 aromatic heterocycles. The zero-order valence-electron chi connectivity index (χ0n) is 9.89. The van der Waals surface area contributed by atoms with E-state index in [1.165, 1.54) is 4.90 Å². The molecule has 5 nitrogen and oxygen atoms in total. The quantitative estimate of drug-likeness (QED) is 0.887. The number of hydrogen-bond donors (Lipinski definition) is 1. The highest BCUT2D eigenvalue weighted by atomic mass is 32.2. The number of carboxylic acid groups (broad SMARTS) is 1. The molecule has 0 fully saturated rings. The molecule has 0 aromatic carbocycles. The SMILES string of the molecule is CSCCC(=O)N(C)c1snc(C)c1C(=O)O. The highest BCUT2D eigenvalue weighted by molar-refractivity contribution is 7.98. The Morgan fingerprint density at radius 3 is 2.71 bits per heavy atom. The number of aromatic nitrogens is 1. The van der Waals surface area contributed by atoms with Gasteiger partial charge in [-0.3, -0.25) is 4.79 Å². The van der Waals surface area contributed by atoms with Crippen LogP contribution in [-0.4, -0.2) is 40.4 Å². The second-order valence-electron chi connectivity index (χ2n) is 3.45. The molecule has 0 bridgehead atoms. The topological polar surface area (TPSA) is 70.5 Å². The number of carboxylic acids is 1. The van der Waals surface area contributed by atoms with Crippen LogP contribution in [0.5, 0.6) is 0 Å². The van der Waals surface area contributed by atoms with E-state index in [0.29, 0.717) is 17.1 Å². The number of aryl methyl sites for hydroxylation is 1. The molecule has 0 atom stereocenters. The van der Waals surface area contributed by atoms with Crippen LogP contribution in [0.3, 0.4) is 0 Å². The van der Waals surface area contributed by atoms with Crippen LogP contribution in [0, 0.1) is 6.92 Å². The van der Waals surface area contributed by atoms with Gasteiger partial charge in [0.2, 0.25) is 5.91 Å². The van der Waals surface area contributed by atoms with Crippen LogP contribution < -0.4 is 4.90 Å². The molecule has 0 aliphatic heterocycles. The van der Waals surface area contributed by atoms with Gasteiger partial charge in [0.1, 0.15) is 10.6 Å². The fourth-order valence-corrected chi connectivity index (χ4v) is 2.55. The van der Waals surface area contributed by atoms with Crippen LogP contribution in [-0.2, 0) is 4.79 Å². The van der Waals surface area contributed by atoms with Gasteiger partial charge in [-0.1, -0.05) is 0 Å². The fraction of sp³-hybridized carbons (Fsp3) is 0.500. The van der Waals surface area contributed by atoms with Gasteiger partial charge in [-0.05, 0) is 24.7 Å². The highest BCUT2D eigenvalue weighted by Crippen LogP contribution is 2.28. The van der Waals surface area contributed by atoms with Gasteiger partial charge < -0.3 is 10.0 Å². The average Bonchev–Trinajstić information content (AvgIpc) is 2.66. The molecule has 94 valence electrons. The molecular formula is C10H14N2O3S2. The highest BCUT2D eigenvalue weighted by Gasteiger charge is 2.23. The van der Waals surface area contributed by atoms with Crippen molar-refractivity contribution in [3.05, 3.63) is 11.3 Å². The lowest BCUT2D eigenvalue weighted by atomic mass is 10.2. The van der Waals surface area contributed by atoms with Gasteiger partial charge in [-0.25, -0.2) is 4.79 Å². The fourth-order valence-electron chi connectivity index (χ4n) is 1.30. The van der Waals surface area contributed by atoms with Crippen LogP contribution >= 0.6 is 23.3 Å². The molecule has 1 N–H and O–H groups in total. The summed E-state index contributed by atoms with van der Waals surface area (Å²) in [6.07, 6.45) is 2.32. The Morgan fingerprint density at radius 2 is 2.18 bits per heavy atom. The third kappa shape index (κ3) is 3.19. The minimum atomic E-state index is -1.05. The number of carbonyl (C=O) groups excluding carboxylic acids is 1. The van der Waals surface area contributed by atoms with Crippen molar-refractivity contribution in [1.82, 2.24) is 4.37 Å². The Labute approximate surface area is 108 Å². The van der Waals surface area contributed by atoms with Crippen molar-refractivity contribution in [1.29, 1.82) is 0 Å². The minimum Gasteiger partial charge on any atom is -0.478 e. The van der Waals surface area contributed by atoms with Gasteiger partial charge in [0.15, 0.2) is 0 Å². The van der Waals surface area contributed by atoms with E-state index in [9.17, 15) is 9.59 Å². The van der Waals surface area contributed by atoms with Crippen LogP contribution in [0.25, 0.3) is 0 Å². The Balaban J connectivity index is 2.92. The molecule has 0 aliphatic rings. The summed E-state index contributed by atoms with van der Waals surface area (Å²) in [6, 6.07) is 0. The number of hydrogen-bond acceptors (Lipinski definition) is 5. The van der Waals surface area contributed by atoms with Crippen LogP contribution in [0.4, 0.5) is 5.00 Å². The van der Waals surface area contributed by atoms with Gasteiger partial charge in [-0.2, -0.15) is 16.1 Å². The van der Waals surface area contributed by atoms with E-state index in [1.54, 1.807) is 25.7 Å². The molecule has 17 heavy (non-hydrogen) atoms. The molecule has 1 rings (SSSR count). The van der Waals surface area contributed by atoms with Crippen molar-refractivity contribution in [3.63, 3.8) is 0 Å². The maximum atomic E-state index is 11.8. The lowest BCUT2D eigenvalue weighted by molar-refractivity contribution is -0.117. The third-order valence-electron chi connectivity index (χ3n) is 2.26. The summed E-state index contributed by atoms with van der Waals surface area (Å²) in [5, 5.41) is 9.47. The summed E-state index contributed by atoms with van der Waals surface area (Å²) in [5.41, 5.74) is 0.567. The summed E-state index contributed by atoms with van der Waals surface area (Å²) in [6.45, 7) is 1.63. The van der Waals surface area contributed by atoms with Gasteiger partial charge in [0.05, 0.1) is 5.69 Å². The third-order valence-corrected chi connectivity index (χ3v) is 3.89. The molecular weight excluding hydrogens is 260 g/mol. The number of amides is 1. The van der Waals surface area contributed by atoms with E-state index in [-0.39, 0.29) is 11.5 Å². The number of nitrogens with zero attached hydrogens (tertiary/aromatic N) is 2. The molecule has 0 unspecified atom stereocenters. The molecule has 0 radical (unpaired) electrons. The van der Waals surface area contributed by atoms with E-state index >= 15 is 0 Å². The molecule has 0 spiro atoms. The maximum Gasteiger partial charge on any atom is 0.340 e. The van der Waals surface area contributed by atoms with Crippen LogP contribution in [0.2, 0.25) is 0 Å². The van der Waals surface area contributed by atoms with Gasteiger partial charge in [-0.15, -0.1) is 0 Å². The molecule has 1 amide bonds. The normalized spacial score (nSPS) is 10.3. The summed E-state index contributed by atoms with van der Waals surface area (Å²) in [4.78, 5) is 24.2. The van der Waals surface area contributed by atoms with Crippen molar-refractivity contribution < 1.29 is 14.7 Å². The summed E-state index contributed by atoms with van der Waals surface area (Å²) in [7, 11) is 1.59. The molecule has 0 saturated carbocycles. The lowest BCUT2D eigenvalue weighted by Gasteiger charge is -2.15. The van der Waals surface area contributed by atoms with E-state index < -0.39 is 5.97 Å².